The van der Waals surface area contributed by atoms with Gasteiger partial charge in [0.15, 0.2) is 0 Å². The third kappa shape index (κ3) is 3.00. The molecule has 0 radical (unpaired) electrons. The van der Waals surface area contributed by atoms with Gasteiger partial charge in [-0.1, -0.05) is 24.6 Å². The van der Waals surface area contributed by atoms with Crippen molar-refractivity contribution in [3.63, 3.8) is 0 Å². The van der Waals surface area contributed by atoms with Gasteiger partial charge in [-0.05, 0) is 12.1 Å². The van der Waals surface area contributed by atoms with Crippen molar-refractivity contribution in [2.45, 2.75) is 19.9 Å². The first-order chi connectivity index (χ1) is 6.63. The highest BCUT2D eigenvalue weighted by atomic mass is 35.5. The molecule has 2 nitrogen and oxygen atoms in total. The van der Waals surface area contributed by atoms with Crippen molar-refractivity contribution >= 4 is 17.5 Å². The molecular formula is C10H11ClFNO. The Morgan fingerprint density at radius 2 is 2.29 bits per heavy atom. The summed E-state index contributed by atoms with van der Waals surface area (Å²) in [5.74, 6) is -0.492. The minimum absolute atomic E-state index is 0.0978. The number of benzene rings is 1. The van der Waals surface area contributed by atoms with Crippen molar-refractivity contribution in [3.05, 3.63) is 34.6 Å². The monoisotopic (exact) mass is 215 g/mol. The lowest BCUT2D eigenvalue weighted by Crippen LogP contribution is -2.21. The van der Waals surface area contributed by atoms with Crippen molar-refractivity contribution in [1.29, 1.82) is 0 Å². The number of carbonyl (C=O) groups excluding carboxylic acids is 1. The Bertz CT molecular complexity index is 341. The molecule has 0 saturated heterocycles. The molecule has 14 heavy (non-hydrogen) atoms. The maximum Gasteiger partial charge on any atom is 0.219 e. The van der Waals surface area contributed by atoms with Crippen LogP contribution in [0.25, 0.3) is 0 Å². The number of rotatable bonds is 3. The summed E-state index contributed by atoms with van der Waals surface area (Å²) in [5, 5.41) is 2.94. The van der Waals surface area contributed by atoms with Gasteiger partial charge in [0.05, 0.1) is 0 Å². The van der Waals surface area contributed by atoms with Crippen LogP contribution >= 0.6 is 11.6 Å². The van der Waals surface area contributed by atoms with Gasteiger partial charge >= 0.3 is 0 Å². The highest BCUT2D eigenvalue weighted by molar-refractivity contribution is 6.30. The molecule has 0 aliphatic carbocycles. The lowest BCUT2D eigenvalue weighted by atomic mass is 10.2. The molecule has 0 saturated carbocycles. The molecule has 1 rings (SSSR count). The molecule has 0 bridgehead atoms. The lowest BCUT2D eigenvalue weighted by molar-refractivity contribution is -0.120. The third-order valence-corrected chi connectivity index (χ3v) is 2.05. The molecule has 0 atom stereocenters. The molecule has 1 aromatic rings. The molecule has 0 aromatic heterocycles. The van der Waals surface area contributed by atoms with E-state index >= 15 is 0 Å². The average Bonchev–Trinajstić information content (AvgIpc) is 2.16. The van der Waals surface area contributed by atoms with Crippen LogP contribution in [-0.4, -0.2) is 5.91 Å². The van der Waals surface area contributed by atoms with Crippen LogP contribution < -0.4 is 5.32 Å². The Morgan fingerprint density at radius 3 is 2.86 bits per heavy atom. The van der Waals surface area contributed by atoms with E-state index in [1.54, 1.807) is 19.1 Å². The van der Waals surface area contributed by atoms with Crippen LogP contribution in [0.3, 0.4) is 0 Å². The molecule has 76 valence electrons. The molecule has 4 heteroatoms. The maximum atomic E-state index is 13.2. The van der Waals surface area contributed by atoms with E-state index in [1.165, 1.54) is 6.07 Å². The summed E-state index contributed by atoms with van der Waals surface area (Å²) in [4.78, 5) is 10.9. The lowest BCUT2D eigenvalue weighted by Gasteiger charge is -2.04. The quantitative estimate of drug-likeness (QED) is 0.825. The second-order valence-corrected chi connectivity index (χ2v) is 3.30. The SMILES string of the molecule is CCC(=O)NCc1ccc(Cl)cc1F. The first-order valence-electron chi connectivity index (χ1n) is 4.34. The Morgan fingerprint density at radius 1 is 1.57 bits per heavy atom. The summed E-state index contributed by atoms with van der Waals surface area (Å²) < 4.78 is 13.2. The highest BCUT2D eigenvalue weighted by Crippen LogP contribution is 2.14. The predicted octanol–water partition coefficient (Wildman–Crippen LogP) is 2.51. The summed E-state index contributed by atoms with van der Waals surface area (Å²) in [6, 6.07) is 4.39. The van der Waals surface area contributed by atoms with E-state index < -0.39 is 5.82 Å². The summed E-state index contributed by atoms with van der Waals surface area (Å²) in [6.07, 6.45) is 0.398. The Hall–Kier alpha value is -1.09. The number of hydrogen-bond donors (Lipinski definition) is 1. The van der Waals surface area contributed by atoms with Crippen molar-refractivity contribution in [2.24, 2.45) is 0 Å². The van der Waals surface area contributed by atoms with Gasteiger partial charge in [0.1, 0.15) is 5.82 Å². The molecule has 0 heterocycles. The fraction of sp³-hybridized carbons (Fsp3) is 0.300. The molecule has 0 unspecified atom stereocenters. The zero-order valence-corrected chi connectivity index (χ0v) is 8.57. The third-order valence-electron chi connectivity index (χ3n) is 1.81. The molecule has 0 aliphatic rings. The second kappa shape index (κ2) is 4.96. The van der Waals surface area contributed by atoms with E-state index in [0.29, 0.717) is 17.0 Å². The van der Waals surface area contributed by atoms with Crippen molar-refractivity contribution in [3.8, 4) is 0 Å². The fourth-order valence-electron chi connectivity index (χ4n) is 0.984. The van der Waals surface area contributed by atoms with Gasteiger partial charge in [-0.15, -0.1) is 0 Å². The normalized spacial score (nSPS) is 9.93. The van der Waals surface area contributed by atoms with E-state index in [1.807, 2.05) is 0 Å². The van der Waals surface area contributed by atoms with Crippen LogP contribution in [0.1, 0.15) is 18.9 Å². The van der Waals surface area contributed by atoms with Gasteiger partial charge in [0.25, 0.3) is 0 Å². The summed E-state index contributed by atoms with van der Waals surface area (Å²) in [6.45, 7) is 1.95. The smallest absolute Gasteiger partial charge is 0.219 e. The topological polar surface area (TPSA) is 29.1 Å². The average molecular weight is 216 g/mol. The van der Waals surface area contributed by atoms with Crippen LogP contribution in [0.15, 0.2) is 18.2 Å². The van der Waals surface area contributed by atoms with Crippen LogP contribution in [0, 0.1) is 5.82 Å². The van der Waals surface area contributed by atoms with Crippen LogP contribution in [0.2, 0.25) is 5.02 Å². The van der Waals surface area contributed by atoms with Crippen molar-refractivity contribution < 1.29 is 9.18 Å². The first kappa shape index (κ1) is 11.0. The molecule has 1 amide bonds. The molecule has 1 N–H and O–H groups in total. The summed E-state index contributed by atoms with van der Waals surface area (Å²) in [7, 11) is 0. The van der Waals surface area contributed by atoms with E-state index in [2.05, 4.69) is 5.32 Å². The molecule has 1 aromatic carbocycles. The van der Waals surface area contributed by atoms with Gasteiger partial charge in [0, 0.05) is 23.6 Å². The van der Waals surface area contributed by atoms with Gasteiger partial charge in [-0.25, -0.2) is 4.39 Å². The number of halogens is 2. The van der Waals surface area contributed by atoms with E-state index in [4.69, 9.17) is 11.6 Å². The number of nitrogens with one attached hydrogen (secondary N) is 1. The van der Waals surface area contributed by atoms with Crippen molar-refractivity contribution in [2.75, 3.05) is 0 Å². The van der Waals surface area contributed by atoms with E-state index in [-0.39, 0.29) is 12.5 Å². The molecule has 0 fully saturated rings. The Kier molecular flexibility index (Phi) is 3.89. The zero-order valence-electron chi connectivity index (χ0n) is 7.81. The number of hydrogen-bond acceptors (Lipinski definition) is 1. The molecule has 0 spiro atoms. The fourth-order valence-corrected chi connectivity index (χ4v) is 1.14. The van der Waals surface area contributed by atoms with Gasteiger partial charge in [-0.3, -0.25) is 4.79 Å². The largest absolute Gasteiger partial charge is 0.352 e. The van der Waals surface area contributed by atoms with Crippen molar-refractivity contribution in [1.82, 2.24) is 5.32 Å². The van der Waals surface area contributed by atoms with Crippen LogP contribution in [0.4, 0.5) is 4.39 Å². The zero-order chi connectivity index (χ0) is 10.6. The summed E-state index contributed by atoms with van der Waals surface area (Å²) >= 11 is 5.58. The predicted molar refractivity (Wildman–Crippen MR) is 53.5 cm³/mol. The second-order valence-electron chi connectivity index (χ2n) is 2.87. The Balaban J connectivity index is 2.63. The first-order valence-corrected chi connectivity index (χ1v) is 4.72. The van der Waals surface area contributed by atoms with Crippen LogP contribution in [-0.2, 0) is 11.3 Å². The Labute approximate surface area is 87.1 Å². The highest BCUT2D eigenvalue weighted by Gasteiger charge is 2.03. The standard InChI is InChI=1S/C10H11ClFNO/c1-2-10(14)13-6-7-3-4-8(11)5-9(7)12/h3-5H,2,6H2,1H3,(H,13,14). The van der Waals surface area contributed by atoms with E-state index in [9.17, 15) is 9.18 Å². The number of amides is 1. The van der Waals surface area contributed by atoms with Crippen LogP contribution in [0.5, 0.6) is 0 Å². The number of carbonyl (C=O) groups is 1. The van der Waals surface area contributed by atoms with Gasteiger partial charge in [0.2, 0.25) is 5.91 Å². The maximum absolute atomic E-state index is 13.2. The van der Waals surface area contributed by atoms with E-state index in [0.717, 1.165) is 0 Å². The molecular weight excluding hydrogens is 205 g/mol. The molecule has 0 aliphatic heterocycles. The van der Waals surface area contributed by atoms with Gasteiger partial charge in [-0.2, -0.15) is 0 Å². The minimum Gasteiger partial charge on any atom is -0.352 e. The minimum atomic E-state index is -0.395. The summed E-state index contributed by atoms with van der Waals surface area (Å²) in [5.41, 5.74) is 0.441. The van der Waals surface area contributed by atoms with Gasteiger partial charge < -0.3 is 5.32 Å².